The van der Waals surface area contributed by atoms with Crippen LogP contribution in [0.2, 0.25) is 0 Å². The van der Waals surface area contributed by atoms with Crippen LogP contribution < -0.4 is 16.0 Å². The lowest BCUT2D eigenvalue weighted by Crippen LogP contribution is -2.14. The Morgan fingerprint density at radius 3 is 2.79 bits per heavy atom. The zero-order valence-corrected chi connectivity index (χ0v) is 8.37. The summed E-state index contributed by atoms with van der Waals surface area (Å²) >= 11 is 0. The van der Waals surface area contributed by atoms with Crippen LogP contribution in [0.4, 0.5) is 5.82 Å². The minimum atomic E-state index is 0.151. The average molecular weight is 194 g/mol. The summed E-state index contributed by atoms with van der Waals surface area (Å²) in [4.78, 5) is 8.58. The van der Waals surface area contributed by atoms with Crippen LogP contribution in [0.15, 0.2) is 6.20 Å². The highest BCUT2D eigenvalue weighted by Gasteiger charge is 2.42. The topological polar surface area (TPSA) is 73.1 Å². The van der Waals surface area contributed by atoms with Crippen LogP contribution in [0.25, 0.3) is 0 Å². The summed E-state index contributed by atoms with van der Waals surface area (Å²) < 4.78 is 5.06. The molecule has 76 valence electrons. The molecule has 1 heterocycles. The second-order valence-corrected chi connectivity index (χ2v) is 3.82. The molecular formula is C9H14N4O. The van der Waals surface area contributed by atoms with Crippen molar-refractivity contribution < 1.29 is 4.74 Å². The first-order valence-electron chi connectivity index (χ1n) is 4.58. The summed E-state index contributed by atoms with van der Waals surface area (Å²) in [6, 6.07) is 0. The number of nitrogens with one attached hydrogen (secondary N) is 1. The number of methoxy groups -OCH3 is 1. The van der Waals surface area contributed by atoms with Crippen molar-refractivity contribution in [3.63, 3.8) is 0 Å². The molecule has 0 radical (unpaired) electrons. The van der Waals surface area contributed by atoms with Gasteiger partial charge in [0.15, 0.2) is 11.6 Å². The van der Waals surface area contributed by atoms with Gasteiger partial charge in [0.05, 0.1) is 13.3 Å². The number of anilines is 1. The van der Waals surface area contributed by atoms with E-state index in [0.29, 0.717) is 11.6 Å². The zero-order chi connectivity index (χ0) is 10.2. The van der Waals surface area contributed by atoms with Gasteiger partial charge in [0.1, 0.15) is 5.82 Å². The molecule has 0 saturated heterocycles. The monoisotopic (exact) mass is 194 g/mol. The van der Waals surface area contributed by atoms with Gasteiger partial charge in [0.25, 0.3) is 0 Å². The summed E-state index contributed by atoms with van der Waals surface area (Å²) in [7, 11) is 1.57. The number of nitrogens with two attached hydrogens (primary N) is 1. The van der Waals surface area contributed by atoms with Crippen LogP contribution in [-0.4, -0.2) is 17.1 Å². The van der Waals surface area contributed by atoms with Crippen LogP contribution >= 0.6 is 0 Å². The van der Waals surface area contributed by atoms with Gasteiger partial charge in [-0.2, -0.15) is 0 Å². The Labute approximate surface area is 82.7 Å². The fraction of sp³-hybridized carbons (Fsp3) is 0.556. The highest BCUT2D eigenvalue weighted by atomic mass is 16.5. The number of hydrazine groups is 1. The van der Waals surface area contributed by atoms with Crippen molar-refractivity contribution >= 4 is 5.82 Å². The van der Waals surface area contributed by atoms with Crippen molar-refractivity contribution in [2.45, 2.75) is 25.2 Å². The first kappa shape index (κ1) is 9.21. The Kier molecular flexibility index (Phi) is 2.03. The first-order chi connectivity index (χ1) is 6.69. The Morgan fingerprint density at radius 2 is 2.29 bits per heavy atom. The SMILES string of the molecule is COc1cnc(C2(C)CC2)nc1NN. The van der Waals surface area contributed by atoms with E-state index in [4.69, 9.17) is 10.6 Å². The molecular weight excluding hydrogens is 180 g/mol. The lowest BCUT2D eigenvalue weighted by Gasteiger charge is -2.10. The maximum atomic E-state index is 5.34. The third kappa shape index (κ3) is 1.39. The van der Waals surface area contributed by atoms with Crippen molar-refractivity contribution in [1.29, 1.82) is 0 Å². The molecule has 1 aromatic rings. The van der Waals surface area contributed by atoms with Gasteiger partial charge in [-0.15, -0.1) is 0 Å². The molecule has 1 saturated carbocycles. The molecule has 1 aliphatic rings. The van der Waals surface area contributed by atoms with E-state index in [1.807, 2.05) is 0 Å². The van der Waals surface area contributed by atoms with Crippen LogP contribution in [-0.2, 0) is 5.41 Å². The van der Waals surface area contributed by atoms with Gasteiger partial charge in [-0.3, -0.25) is 0 Å². The minimum Gasteiger partial charge on any atom is -0.491 e. The van der Waals surface area contributed by atoms with Gasteiger partial charge < -0.3 is 10.2 Å². The van der Waals surface area contributed by atoms with Gasteiger partial charge in [-0.05, 0) is 12.8 Å². The molecule has 0 unspecified atom stereocenters. The van der Waals surface area contributed by atoms with Crippen molar-refractivity contribution in [2.24, 2.45) is 5.84 Å². The van der Waals surface area contributed by atoms with Crippen LogP contribution in [0.1, 0.15) is 25.6 Å². The lowest BCUT2D eigenvalue weighted by molar-refractivity contribution is 0.411. The summed E-state index contributed by atoms with van der Waals surface area (Å²) in [6.07, 6.45) is 3.94. The Morgan fingerprint density at radius 1 is 1.57 bits per heavy atom. The molecule has 0 spiro atoms. The van der Waals surface area contributed by atoms with Crippen molar-refractivity contribution in [3.05, 3.63) is 12.0 Å². The lowest BCUT2D eigenvalue weighted by atomic mass is 10.1. The normalized spacial score (nSPS) is 17.6. The summed E-state index contributed by atoms with van der Waals surface area (Å²) in [6.45, 7) is 2.15. The second-order valence-electron chi connectivity index (χ2n) is 3.82. The smallest absolute Gasteiger partial charge is 0.186 e. The van der Waals surface area contributed by atoms with Crippen molar-refractivity contribution in [2.75, 3.05) is 12.5 Å². The van der Waals surface area contributed by atoms with E-state index in [9.17, 15) is 0 Å². The van der Waals surface area contributed by atoms with Gasteiger partial charge in [0.2, 0.25) is 0 Å². The predicted octanol–water partition coefficient (Wildman–Crippen LogP) is 0.822. The quantitative estimate of drug-likeness (QED) is 0.550. The fourth-order valence-corrected chi connectivity index (χ4v) is 1.33. The maximum absolute atomic E-state index is 5.34. The predicted molar refractivity (Wildman–Crippen MR) is 53.0 cm³/mol. The Hall–Kier alpha value is -1.36. The average Bonchev–Trinajstić information content (AvgIpc) is 2.97. The van der Waals surface area contributed by atoms with Crippen LogP contribution in [0, 0.1) is 0 Å². The molecule has 5 nitrogen and oxygen atoms in total. The van der Waals surface area contributed by atoms with Gasteiger partial charge in [0, 0.05) is 5.41 Å². The molecule has 0 amide bonds. The van der Waals surface area contributed by atoms with E-state index in [1.165, 1.54) is 0 Å². The highest BCUT2D eigenvalue weighted by Crippen LogP contribution is 2.46. The third-order valence-electron chi connectivity index (χ3n) is 2.65. The van der Waals surface area contributed by atoms with Crippen LogP contribution in [0.5, 0.6) is 5.75 Å². The summed E-state index contributed by atoms with van der Waals surface area (Å²) in [5, 5.41) is 0. The molecule has 0 atom stereocenters. The Bertz CT molecular complexity index is 349. The molecule has 14 heavy (non-hydrogen) atoms. The number of hydrogen-bond donors (Lipinski definition) is 2. The molecule has 0 aromatic carbocycles. The number of rotatable bonds is 3. The van der Waals surface area contributed by atoms with Gasteiger partial charge >= 0.3 is 0 Å². The van der Waals surface area contributed by atoms with Crippen molar-refractivity contribution in [3.8, 4) is 5.75 Å². The maximum Gasteiger partial charge on any atom is 0.186 e. The van der Waals surface area contributed by atoms with E-state index in [2.05, 4.69) is 22.3 Å². The molecule has 0 bridgehead atoms. The Balaban J connectivity index is 2.36. The minimum absolute atomic E-state index is 0.151. The van der Waals surface area contributed by atoms with E-state index < -0.39 is 0 Å². The molecule has 1 aromatic heterocycles. The molecule has 1 aliphatic carbocycles. The second kappa shape index (κ2) is 3.09. The fourth-order valence-electron chi connectivity index (χ4n) is 1.33. The molecule has 3 N–H and O–H groups in total. The molecule has 1 fully saturated rings. The van der Waals surface area contributed by atoms with E-state index in [1.54, 1.807) is 13.3 Å². The number of nitrogen functional groups attached to an aromatic ring is 1. The van der Waals surface area contributed by atoms with E-state index in [-0.39, 0.29) is 5.41 Å². The molecule has 2 rings (SSSR count). The van der Waals surface area contributed by atoms with E-state index >= 15 is 0 Å². The summed E-state index contributed by atoms with van der Waals surface area (Å²) in [5.74, 6) is 7.29. The van der Waals surface area contributed by atoms with Crippen molar-refractivity contribution in [1.82, 2.24) is 9.97 Å². The summed E-state index contributed by atoms with van der Waals surface area (Å²) in [5.41, 5.74) is 2.66. The number of aromatic nitrogens is 2. The molecule has 0 aliphatic heterocycles. The zero-order valence-electron chi connectivity index (χ0n) is 8.37. The van der Waals surface area contributed by atoms with Gasteiger partial charge in [-0.25, -0.2) is 15.8 Å². The number of hydrogen-bond acceptors (Lipinski definition) is 5. The van der Waals surface area contributed by atoms with Crippen LogP contribution in [0.3, 0.4) is 0 Å². The molecule has 5 heteroatoms. The largest absolute Gasteiger partial charge is 0.491 e. The highest BCUT2D eigenvalue weighted by molar-refractivity contribution is 5.48. The number of nitrogens with zero attached hydrogens (tertiary/aromatic N) is 2. The third-order valence-corrected chi connectivity index (χ3v) is 2.65. The first-order valence-corrected chi connectivity index (χ1v) is 4.58. The van der Waals surface area contributed by atoms with E-state index in [0.717, 1.165) is 18.7 Å². The van der Waals surface area contributed by atoms with Gasteiger partial charge in [-0.1, -0.05) is 6.92 Å². The standard InChI is InChI=1S/C9H14N4O/c1-9(3-4-9)8-11-5-6(14-2)7(12-8)13-10/h5H,3-4,10H2,1-2H3,(H,11,12,13). The number of ether oxygens (including phenoxy) is 1.